The van der Waals surface area contributed by atoms with Crippen molar-refractivity contribution in [1.29, 1.82) is 0 Å². The standard InChI is InChI=1S/C27H29FO2/c1-4-8-20-11-13-21(14-12-20)24-9-6-7-10-25(24)22-15-17-23(18-16-22)30-26(29)27(3,28)19-5-2/h6-7,9-18H,4-5,8,19H2,1-3H3. The Balaban J connectivity index is 1.83. The van der Waals surface area contributed by atoms with Crippen LogP contribution in [-0.4, -0.2) is 11.6 Å². The maximum absolute atomic E-state index is 14.4. The van der Waals surface area contributed by atoms with Crippen molar-refractivity contribution in [2.24, 2.45) is 0 Å². The summed E-state index contributed by atoms with van der Waals surface area (Å²) in [6.45, 7) is 5.30. The minimum atomic E-state index is -1.97. The fourth-order valence-electron chi connectivity index (χ4n) is 3.61. The molecule has 30 heavy (non-hydrogen) atoms. The van der Waals surface area contributed by atoms with E-state index >= 15 is 0 Å². The van der Waals surface area contributed by atoms with Crippen molar-refractivity contribution in [3.8, 4) is 28.0 Å². The Morgan fingerprint density at radius 2 is 1.37 bits per heavy atom. The molecule has 0 heterocycles. The lowest BCUT2D eigenvalue weighted by molar-refractivity contribution is -0.147. The van der Waals surface area contributed by atoms with Gasteiger partial charge in [-0.25, -0.2) is 9.18 Å². The summed E-state index contributed by atoms with van der Waals surface area (Å²) < 4.78 is 19.6. The molecule has 3 aromatic rings. The highest BCUT2D eigenvalue weighted by molar-refractivity contribution is 5.84. The van der Waals surface area contributed by atoms with E-state index < -0.39 is 11.6 Å². The van der Waals surface area contributed by atoms with Crippen LogP contribution in [-0.2, 0) is 11.2 Å². The van der Waals surface area contributed by atoms with Gasteiger partial charge in [-0.3, -0.25) is 0 Å². The summed E-state index contributed by atoms with van der Waals surface area (Å²) in [5.74, 6) is -0.491. The second-order valence-corrected chi connectivity index (χ2v) is 7.85. The fraction of sp³-hybridized carbons (Fsp3) is 0.296. The van der Waals surface area contributed by atoms with Gasteiger partial charge in [0.2, 0.25) is 5.67 Å². The SMILES string of the molecule is CCCc1ccc(-c2ccccc2-c2ccc(OC(=O)C(C)(F)CCC)cc2)cc1. The predicted octanol–water partition coefficient (Wildman–Crippen LogP) is 7.41. The van der Waals surface area contributed by atoms with Crippen molar-refractivity contribution in [3.05, 3.63) is 78.4 Å². The predicted molar refractivity (Wildman–Crippen MR) is 121 cm³/mol. The molecule has 0 radical (unpaired) electrons. The molecule has 0 aliphatic carbocycles. The molecule has 0 aliphatic heterocycles. The summed E-state index contributed by atoms with van der Waals surface area (Å²) in [5, 5.41) is 0. The zero-order valence-electron chi connectivity index (χ0n) is 18.0. The normalized spacial score (nSPS) is 12.9. The van der Waals surface area contributed by atoms with Gasteiger partial charge in [-0.05, 0) is 59.7 Å². The smallest absolute Gasteiger partial charge is 0.348 e. The van der Waals surface area contributed by atoms with Crippen LogP contribution in [0.5, 0.6) is 5.75 Å². The molecule has 2 nitrogen and oxygen atoms in total. The second kappa shape index (κ2) is 9.71. The highest BCUT2D eigenvalue weighted by Crippen LogP contribution is 2.33. The topological polar surface area (TPSA) is 26.3 Å². The lowest BCUT2D eigenvalue weighted by Gasteiger charge is -2.17. The maximum Gasteiger partial charge on any atom is 0.348 e. The van der Waals surface area contributed by atoms with Crippen LogP contribution < -0.4 is 4.74 Å². The first-order chi connectivity index (χ1) is 14.4. The van der Waals surface area contributed by atoms with Gasteiger partial charge < -0.3 is 4.74 Å². The molecular formula is C27H29FO2. The van der Waals surface area contributed by atoms with Crippen molar-refractivity contribution in [2.45, 2.75) is 52.1 Å². The van der Waals surface area contributed by atoms with Gasteiger partial charge in [-0.2, -0.15) is 0 Å². The number of esters is 1. The molecule has 0 N–H and O–H groups in total. The fourth-order valence-corrected chi connectivity index (χ4v) is 3.61. The van der Waals surface area contributed by atoms with Gasteiger partial charge in [-0.15, -0.1) is 0 Å². The number of hydrogen-bond donors (Lipinski definition) is 0. The summed E-state index contributed by atoms with van der Waals surface area (Å²) >= 11 is 0. The van der Waals surface area contributed by atoms with E-state index in [-0.39, 0.29) is 6.42 Å². The highest BCUT2D eigenvalue weighted by Gasteiger charge is 2.34. The van der Waals surface area contributed by atoms with Crippen LogP contribution in [0.2, 0.25) is 0 Å². The Morgan fingerprint density at radius 3 is 1.87 bits per heavy atom. The number of benzene rings is 3. The molecule has 0 aromatic heterocycles. The van der Waals surface area contributed by atoms with Gasteiger partial charge in [0.15, 0.2) is 0 Å². The molecule has 3 aromatic carbocycles. The first kappa shape index (κ1) is 21.8. The van der Waals surface area contributed by atoms with E-state index in [1.54, 1.807) is 12.1 Å². The summed E-state index contributed by atoms with van der Waals surface area (Å²) in [5.41, 5.74) is 3.79. The molecule has 0 bridgehead atoms. The van der Waals surface area contributed by atoms with Crippen LogP contribution in [0, 0.1) is 0 Å². The van der Waals surface area contributed by atoms with E-state index in [0.717, 1.165) is 35.1 Å². The lowest BCUT2D eigenvalue weighted by Crippen LogP contribution is -2.34. The number of hydrogen-bond acceptors (Lipinski definition) is 2. The van der Waals surface area contributed by atoms with E-state index in [0.29, 0.717) is 12.2 Å². The Bertz CT molecular complexity index is 973. The third-order valence-corrected chi connectivity index (χ3v) is 5.25. The Morgan fingerprint density at radius 1 is 0.833 bits per heavy atom. The van der Waals surface area contributed by atoms with Crippen LogP contribution in [0.1, 0.15) is 45.6 Å². The van der Waals surface area contributed by atoms with Crippen LogP contribution in [0.25, 0.3) is 22.3 Å². The van der Waals surface area contributed by atoms with Crippen molar-refractivity contribution < 1.29 is 13.9 Å². The maximum atomic E-state index is 14.4. The van der Waals surface area contributed by atoms with E-state index in [9.17, 15) is 9.18 Å². The molecule has 156 valence electrons. The van der Waals surface area contributed by atoms with Gasteiger partial charge in [0.1, 0.15) is 5.75 Å². The Kier molecular flexibility index (Phi) is 7.04. The zero-order valence-corrected chi connectivity index (χ0v) is 18.0. The molecule has 0 saturated heterocycles. The van der Waals surface area contributed by atoms with Gasteiger partial charge in [0, 0.05) is 0 Å². The van der Waals surface area contributed by atoms with E-state index in [1.165, 1.54) is 12.5 Å². The quantitative estimate of drug-likeness (QED) is 0.289. The summed E-state index contributed by atoms with van der Waals surface area (Å²) in [6.07, 6.45) is 2.94. The zero-order chi connectivity index (χ0) is 21.6. The number of carbonyl (C=O) groups excluding carboxylic acids is 1. The molecule has 0 fully saturated rings. The first-order valence-corrected chi connectivity index (χ1v) is 10.6. The largest absolute Gasteiger partial charge is 0.424 e. The third kappa shape index (κ3) is 5.15. The van der Waals surface area contributed by atoms with Crippen LogP contribution in [0.3, 0.4) is 0 Å². The van der Waals surface area contributed by atoms with E-state index in [4.69, 9.17) is 4.74 Å². The van der Waals surface area contributed by atoms with Crippen molar-refractivity contribution in [1.82, 2.24) is 0 Å². The number of halogens is 1. The van der Waals surface area contributed by atoms with E-state index in [2.05, 4.69) is 43.3 Å². The average molecular weight is 405 g/mol. The molecule has 0 amide bonds. The van der Waals surface area contributed by atoms with Gasteiger partial charge >= 0.3 is 5.97 Å². The number of rotatable bonds is 8. The van der Waals surface area contributed by atoms with Crippen LogP contribution in [0.15, 0.2) is 72.8 Å². The summed E-state index contributed by atoms with van der Waals surface area (Å²) in [6, 6.07) is 24.2. The summed E-state index contributed by atoms with van der Waals surface area (Å²) in [7, 11) is 0. The number of carbonyl (C=O) groups is 1. The van der Waals surface area contributed by atoms with Gasteiger partial charge in [-0.1, -0.05) is 87.4 Å². The Labute approximate surface area is 178 Å². The molecule has 3 rings (SSSR count). The third-order valence-electron chi connectivity index (χ3n) is 5.25. The van der Waals surface area contributed by atoms with Crippen molar-refractivity contribution in [2.75, 3.05) is 0 Å². The average Bonchev–Trinajstić information content (AvgIpc) is 2.75. The number of alkyl halides is 1. The highest BCUT2D eigenvalue weighted by atomic mass is 19.1. The second-order valence-electron chi connectivity index (χ2n) is 7.85. The molecule has 0 aliphatic rings. The molecule has 1 unspecified atom stereocenters. The lowest BCUT2D eigenvalue weighted by atomic mass is 9.94. The van der Waals surface area contributed by atoms with Gasteiger partial charge in [0.05, 0.1) is 0 Å². The van der Waals surface area contributed by atoms with Gasteiger partial charge in [0.25, 0.3) is 0 Å². The molecular weight excluding hydrogens is 375 g/mol. The van der Waals surface area contributed by atoms with Crippen LogP contribution in [0.4, 0.5) is 4.39 Å². The minimum absolute atomic E-state index is 0.147. The summed E-state index contributed by atoms with van der Waals surface area (Å²) in [4.78, 5) is 12.1. The minimum Gasteiger partial charge on any atom is -0.424 e. The van der Waals surface area contributed by atoms with Crippen LogP contribution >= 0.6 is 0 Å². The molecule has 1 atom stereocenters. The monoisotopic (exact) mass is 404 g/mol. The Hall–Kier alpha value is -2.94. The molecule has 0 spiro atoms. The van der Waals surface area contributed by atoms with E-state index in [1.807, 2.05) is 31.2 Å². The molecule has 3 heteroatoms. The molecule has 0 saturated carbocycles. The first-order valence-electron chi connectivity index (χ1n) is 10.6. The van der Waals surface area contributed by atoms with Crippen molar-refractivity contribution >= 4 is 5.97 Å². The van der Waals surface area contributed by atoms with Crippen molar-refractivity contribution in [3.63, 3.8) is 0 Å². The number of aryl methyl sites for hydroxylation is 1. The number of ether oxygens (including phenoxy) is 1.